The van der Waals surface area contributed by atoms with Gasteiger partial charge in [-0.1, -0.05) is 27.5 Å². The highest BCUT2D eigenvalue weighted by atomic mass is 79.9. The first-order valence-electron chi connectivity index (χ1n) is 5.87. The van der Waals surface area contributed by atoms with Crippen LogP contribution in [0.4, 0.5) is 4.39 Å². The average molecular weight is 338 g/mol. The van der Waals surface area contributed by atoms with E-state index < -0.39 is 5.82 Å². The Morgan fingerprint density at radius 3 is 2.72 bits per heavy atom. The highest BCUT2D eigenvalue weighted by Gasteiger charge is 2.32. The Balaban J connectivity index is 1.98. The second-order valence-corrected chi connectivity index (χ2v) is 5.58. The Labute approximate surface area is 120 Å². The van der Waals surface area contributed by atoms with Gasteiger partial charge in [-0.2, -0.15) is 0 Å². The van der Waals surface area contributed by atoms with Gasteiger partial charge in [-0.05, 0) is 25.0 Å². The van der Waals surface area contributed by atoms with E-state index in [9.17, 15) is 4.39 Å². The van der Waals surface area contributed by atoms with E-state index in [4.69, 9.17) is 21.1 Å². The topological polar surface area (TPSA) is 18.5 Å². The van der Waals surface area contributed by atoms with Crippen molar-refractivity contribution >= 4 is 27.5 Å². The van der Waals surface area contributed by atoms with E-state index in [1.807, 2.05) is 0 Å². The maximum Gasteiger partial charge on any atom is 0.142 e. The number of hydrogen-bond donors (Lipinski definition) is 0. The molecule has 0 saturated carbocycles. The van der Waals surface area contributed by atoms with Gasteiger partial charge in [-0.25, -0.2) is 4.39 Å². The average Bonchev–Trinajstić information content (AvgIpc) is 2.41. The number of ether oxygens (including phenoxy) is 2. The van der Waals surface area contributed by atoms with Crippen LogP contribution in [0.5, 0.6) is 5.75 Å². The second kappa shape index (κ2) is 6.22. The minimum atomic E-state index is -0.426. The van der Waals surface area contributed by atoms with Crippen LogP contribution in [0.15, 0.2) is 18.2 Å². The smallest absolute Gasteiger partial charge is 0.142 e. The van der Waals surface area contributed by atoms with Crippen molar-refractivity contribution in [1.82, 2.24) is 0 Å². The van der Waals surface area contributed by atoms with Crippen LogP contribution in [0.25, 0.3) is 0 Å². The van der Waals surface area contributed by atoms with Gasteiger partial charge in [0.2, 0.25) is 0 Å². The number of alkyl halides is 1. The molecule has 0 atom stereocenters. The summed E-state index contributed by atoms with van der Waals surface area (Å²) in [6, 6.07) is 4.43. The Hall–Kier alpha value is -0.320. The molecule has 18 heavy (non-hydrogen) atoms. The zero-order chi connectivity index (χ0) is 13.0. The summed E-state index contributed by atoms with van der Waals surface area (Å²) in [5, 5.41) is 0.963. The molecule has 0 spiro atoms. The predicted octanol–water partition coefficient (Wildman–Crippen LogP) is 4.05. The summed E-state index contributed by atoms with van der Waals surface area (Å²) >= 11 is 9.27. The first kappa shape index (κ1) is 14.1. The molecule has 1 aromatic carbocycles. The van der Waals surface area contributed by atoms with Gasteiger partial charge in [-0.3, -0.25) is 0 Å². The van der Waals surface area contributed by atoms with E-state index >= 15 is 0 Å². The summed E-state index contributed by atoms with van der Waals surface area (Å²) in [6.07, 6.45) is 1.93. The normalized spacial score (nSPS) is 18.6. The van der Waals surface area contributed by atoms with Crippen LogP contribution in [0.2, 0.25) is 5.02 Å². The lowest BCUT2D eigenvalue weighted by atomic mass is 9.83. The van der Waals surface area contributed by atoms with E-state index in [1.165, 1.54) is 12.1 Å². The Kier molecular flexibility index (Phi) is 4.87. The fourth-order valence-corrected chi connectivity index (χ4v) is 2.82. The molecule has 0 amide bonds. The Bertz CT molecular complexity index is 408. The van der Waals surface area contributed by atoms with Crippen molar-refractivity contribution in [1.29, 1.82) is 0 Å². The molecular formula is C13H15BrClFO2. The van der Waals surface area contributed by atoms with Gasteiger partial charge in [0.15, 0.2) is 0 Å². The minimum absolute atomic E-state index is 0.0902. The molecule has 5 heteroatoms. The molecule has 100 valence electrons. The molecule has 0 aliphatic carbocycles. The fourth-order valence-electron chi connectivity index (χ4n) is 1.92. The standard InChI is InChI=1S/C13H15BrClFO2/c14-8-13(3-5-17-6-4-13)9-18-10-1-2-12(16)11(15)7-10/h1-2,7H,3-6,8-9H2. The second-order valence-electron chi connectivity index (χ2n) is 4.61. The fraction of sp³-hybridized carbons (Fsp3) is 0.538. The minimum Gasteiger partial charge on any atom is -0.493 e. The number of hydrogen-bond acceptors (Lipinski definition) is 2. The van der Waals surface area contributed by atoms with E-state index in [-0.39, 0.29) is 10.4 Å². The molecule has 1 aliphatic heterocycles. The molecule has 2 nitrogen and oxygen atoms in total. The van der Waals surface area contributed by atoms with E-state index in [0.29, 0.717) is 12.4 Å². The summed E-state index contributed by atoms with van der Waals surface area (Å²) in [4.78, 5) is 0. The molecule has 1 saturated heterocycles. The third-order valence-corrected chi connectivity index (χ3v) is 4.75. The van der Waals surface area contributed by atoms with E-state index in [0.717, 1.165) is 31.4 Å². The molecule has 2 rings (SSSR count). The third-order valence-electron chi connectivity index (χ3n) is 3.27. The zero-order valence-corrected chi connectivity index (χ0v) is 12.3. The largest absolute Gasteiger partial charge is 0.493 e. The zero-order valence-electron chi connectivity index (χ0n) is 9.93. The summed E-state index contributed by atoms with van der Waals surface area (Å²) in [5.74, 6) is 0.179. The van der Waals surface area contributed by atoms with Crippen LogP contribution >= 0.6 is 27.5 Å². The molecule has 1 aromatic rings. The number of benzene rings is 1. The van der Waals surface area contributed by atoms with Gasteiger partial charge < -0.3 is 9.47 Å². The molecule has 1 fully saturated rings. The van der Waals surface area contributed by atoms with Crippen LogP contribution in [0.3, 0.4) is 0 Å². The van der Waals surface area contributed by atoms with Gasteiger partial charge in [0, 0.05) is 30.0 Å². The lowest BCUT2D eigenvalue weighted by molar-refractivity contribution is 0.00354. The van der Waals surface area contributed by atoms with Crippen molar-refractivity contribution in [3.63, 3.8) is 0 Å². The van der Waals surface area contributed by atoms with E-state index in [2.05, 4.69) is 15.9 Å². The molecular weight excluding hydrogens is 322 g/mol. The first-order chi connectivity index (χ1) is 8.65. The highest BCUT2D eigenvalue weighted by molar-refractivity contribution is 9.09. The summed E-state index contributed by atoms with van der Waals surface area (Å²) in [6.45, 7) is 2.11. The lowest BCUT2D eigenvalue weighted by Crippen LogP contribution is -2.36. The van der Waals surface area contributed by atoms with Crippen LogP contribution in [0.1, 0.15) is 12.8 Å². The SMILES string of the molecule is Fc1ccc(OCC2(CBr)CCOCC2)cc1Cl. The van der Waals surface area contributed by atoms with Gasteiger partial charge >= 0.3 is 0 Å². The third kappa shape index (κ3) is 3.37. The predicted molar refractivity (Wildman–Crippen MR) is 73.2 cm³/mol. The molecule has 0 aromatic heterocycles. The van der Waals surface area contributed by atoms with Crippen molar-refractivity contribution < 1.29 is 13.9 Å². The van der Waals surface area contributed by atoms with E-state index in [1.54, 1.807) is 6.07 Å². The Morgan fingerprint density at radius 1 is 1.39 bits per heavy atom. The van der Waals surface area contributed by atoms with Crippen molar-refractivity contribution in [3.05, 3.63) is 29.0 Å². The van der Waals surface area contributed by atoms with Crippen LogP contribution < -0.4 is 4.74 Å². The molecule has 0 N–H and O–H groups in total. The number of rotatable bonds is 4. The molecule has 0 unspecified atom stereocenters. The van der Waals surface area contributed by atoms with Crippen LogP contribution in [0, 0.1) is 11.2 Å². The summed E-state index contributed by atoms with van der Waals surface area (Å²) in [5.41, 5.74) is 0.0963. The van der Waals surface area contributed by atoms with Crippen LogP contribution in [-0.2, 0) is 4.74 Å². The number of halogens is 3. The molecule has 0 radical (unpaired) electrons. The highest BCUT2D eigenvalue weighted by Crippen LogP contribution is 2.33. The van der Waals surface area contributed by atoms with Gasteiger partial charge in [-0.15, -0.1) is 0 Å². The maximum absolute atomic E-state index is 13.0. The summed E-state index contributed by atoms with van der Waals surface area (Å²) < 4.78 is 24.1. The Morgan fingerprint density at radius 2 is 2.11 bits per heavy atom. The molecule has 1 heterocycles. The van der Waals surface area contributed by atoms with Crippen molar-refractivity contribution in [2.45, 2.75) is 12.8 Å². The van der Waals surface area contributed by atoms with Gasteiger partial charge in [0.1, 0.15) is 11.6 Å². The van der Waals surface area contributed by atoms with Crippen LogP contribution in [-0.4, -0.2) is 25.2 Å². The first-order valence-corrected chi connectivity index (χ1v) is 7.37. The molecule has 1 aliphatic rings. The maximum atomic E-state index is 13.0. The summed E-state index contributed by atoms with van der Waals surface area (Å²) in [7, 11) is 0. The quantitative estimate of drug-likeness (QED) is 0.772. The van der Waals surface area contributed by atoms with Gasteiger partial charge in [0.05, 0.1) is 11.6 Å². The molecule has 0 bridgehead atoms. The van der Waals surface area contributed by atoms with Crippen molar-refractivity contribution in [2.24, 2.45) is 5.41 Å². The van der Waals surface area contributed by atoms with Gasteiger partial charge in [0.25, 0.3) is 0 Å². The lowest BCUT2D eigenvalue weighted by Gasteiger charge is -2.35. The monoisotopic (exact) mass is 336 g/mol. The van der Waals surface area contributed by atoms with Crippen molar-refractivity contribution in [2.75, 3.05) is 25.2 Å². The van der Waals surface area contributed by atoms with Crippen molar-refractivity contribution in [3.8, 4) is 5.75 Å².